The van der Waals surface area contributed by atoms with E-state index in [1.54, 1.807) is 0 Å². The lowest BCUT2D eigenvalue weighted by molar-refractivity contribution is -0.153. The van der Waals surface area contributed by atoms with Gasteiger partial charge < -0.3 is 10.2 Å². The van der Waals surface area contributed by atoms with Gasteiger partial charge in [0.05, 0.1) is 5.92 Å². The van der Waals surface area contributed by atoms with Gasteiger partial charge in [-0.15, -0.1) is 0 Å². The highest BCUT2D eigenvalue weighted by molar-refractivity contribution is 5.72. The summed E-state index contributed by atoms with van der Waals surface area (Å²) in [6.45, 7) is 1.89. The molecule has 4 heteroatoms. The van der Waals surface area contributed by atoms with Gasteiger partial charge in [-0.2, -0.15) is 0 Å². The first-order valence-corrected chi connectivity index (χ1v) is 6.23. The number of carboxylic acids is 1. The molecule has 0 spiro atoms. The van der Waals surface area contributed by atoms with E-state index in [4.69, 9.17) is 0 Å². The molecular formula is C14H17FO3. The van der Waals surface area contributed by atoms with Crippen LogP contribution in [0.4, 0.5) is 4.39 Å². The number of carbonyl (C=O) groups is 1. The van der Waals surface area contributed by atoms with Crippen LogP contribution in [0, 0.1) is 11.7 Å². The molecule has 0 aromatic heterocycles. The van der Waals surface area contributed by atoms with Crippen molar-refractivity contribution < 1.29 is 19.4 Å². The molecule has 2 unspecified atom stereocenters. The molecule has 3 nitrogen and oxygen atoms in total. The number of carboxylic acid groups (broad SMARTS) is 1. The molecule has 0 amide bonds. The summed E-state index contributed by atoms with van der Waals surface area (Å²) in [7, 11) is 0. The van der Waals surface area contributed by atoms with Gasteiger partial charge in [-0.05, 0) is 42.5 Å². The predicted molar refractivity (Wildman–Crippen MR) is 64.7 cm³/mol. The standard InChI is InChI=1S/C14H17FO3/c1-2-3-12(13(16)17)14(18)7-6-9-8-10(15)4-5-11(9)14/h4-5,8,12,18H,2-3,6-7H2,1H3,(H,16,17). The number of benzene rings is 1. The van der Waals surface area contributed by atoms with Crippen molar-refractivity contribution in [2.45, 2.75) is 38.2 Å². The van der Waals surface area contributed by atoms with E-state index in [0.717, 1.165) is 5.56 Å². The van der Waals surface area contributed by atoms with E-state index in [1.807, 2.05) is 6.92 Å². The minimum Gasteiger partial charge on any atom is -0.481 e. The van der Waals surface area contributed by atoms with Crippen molar-refractivity contribution in [1.29, 1.82) is 0 Å². The molecule has 2 rings (SSSR count). The van der Waals surface area contributed by atoms with Crippen LogP contribution in [0.3, 0.4) is 0 Å². The van der Waals surface area contributed by atoms with Crippen molar-refractivity contribution in [3.05, 3.63) is 35.1 Å². The van der Waals surface area contributed by atoms with Crippen LogP contribution in [-0.2, 0) is 16.8 Å². The van der Waals surface area contributed by atoms with E-state index >= 15 is 0 Å². The molecule has 2 N–H and O–H groups in total. The second-order valence-electron chi connectivity index (χ2n) is 4.91. The molecule has 0 saturated carbocycles. The third kappa shape index (κ3) is 2.01. The molecule has 0 aliphatic heterocycles. The summed E-state index contributed by atoms with van der Waals surface area (Å²) in [4.78, 5) is 11.3. The van der Waals surface area contributed by atoms with Crippen molar-refractivity contribution in [3.8, 4) is 0 Å². The normalized spacial score (nSPS) is 23.7. The number of aryl methyl sites for hydroxylation is 1. The monoisotopic (exact) mass is 252 g/mol. The zero-order valence-corrected chi connectivity index (χ0v) is 10.3. The Morgan fingerprint density at radius 1 is 1.56 bits per heavy atom. The van der Waals surface area contributed by atoms with Crippen LogP contribution in [0.5, 0.6) is 0 Å². The molecule has 18 heavy (non-hydrogen) atoms. The Morgan fingerprint density at radius 2 is 2.28 bits per heavy atom. The Hall–Kier alpha value is -1.42. The topological polar surface area (TPSA) is 57.5 Å². The van der Waals surface area contributed by atoms with Gasteiger partial charge in [0.25, 0.3) is 0 Å². The highest BCUT2D eigenvalue weighted by Crippen LogP contribution is 2.44. The highest BCUT2D eigenvalue weighted by Gasteiger charge is 2.46. The van der Waals surface area contributed by atoms with Crippen molar-refractivity contribution in [1.82, 2.24) is 0 Å². The Labute approximate surface area is 105 Å². The lowest BCUT2D eigenvalue weighted by Gasteiger charge is -2.30. The summed E-state index contributed by atoms with van der Waals surface area (Å²) in [5, 5.41) is 20.0. The molecule has 0 bridgehead atoms. The maximum absolute atomic E-state index is 13.1. The fourth-order valence-electron chi connectivity index (χ4n) is 2.87. The first-order chi connectivity index (χ1) is 8.49. The van der Waals surface area contributed by atoms with Crippen LogP contribution in [0.1, 0.15) is 37.3 Å². The Balaban J connectivity index is 2.42. The molecule has 2 atom stereocenters. The largest absolute Gasteiger partial charge is 0.481 e. The van der Waals surface area contributed by atoms with Crippen LogP contribution >= 0.6 is 0 Å². The number of hydrogen-bond acceptors (Lipinski definition) is 2. The Bertz CT molecular complexity index is 472. The minimum absolute atomic E-state index is 0.347. The molecule has 0 saturated heterocycles. The molecule has 0 fully saturated rings. The van der Waals surface area contributed by atoms with E-state index in [1.165, 1.54) is 18.2 Å². The van der Waals surface area contributed by atoms with Crippen LogP contribution in [0.15, 0.2) is 18.2 Å². The Kier molecular flexibility index (Phi) is 3.39. The predicted octanol–water partition coefficient (Wildman–Crippen LogP) is 2.46. The molecule has 1 aliphatic rings. The SMILES string of the molecule is CCCC(C(=O)O)C1(O)CCc2cc(F)ccc21. The molecule has 1 aliphatic carbocycles. The number of fused-ring (bicyclic) bond motifs is 1. The third-order valence-electron chi connectivity index (χ3n) is 3.76. The third-order valence-corrected chi connectivity index (χ3v) is 3.76. The van der Waals surface area contributed by atoms with E-state index in [0.29, 0.717) is 31.2 Å². The zero-order chi connectivity index (χ0) is 13.3. The second kappa shape index (κ2) is 4.69. The highest BCUT2D eigenvalue weighted by atomic mass is 19.1. The fraction of sp³-hybridized carbons (Fsp3) is 0.500. The molecule has 1 aromatic rings. The van der Waals surface area contributed by atoms with E-state index in [-0.39, 0.29) is 5.82 Å². The van der Waals surface area contributed by atoms with Crippen molar-refractivity contribution in [2.24, 2.45) is 5.92 Å². The minimum atomic E-state index is -1.36. The van der Waals surface area contributed by atoms with Gasteiger partial charge >= 0.3 is 5.97 Å². The maximum atomic E-state index is 13.1. The summed E-state index contributed by atoms with van der Waals surface area (Å²) >= 11 is 0. The first kappa shape index (κ1) is 13.0. The van der Waals surface area contributed by atoms with Crippen LogP contribution in [-0.4, -0.2) is 16.2 Å². The Morgan fingerprint density at radius 3 is 2.89 bits per heavy atom. The van der Waals surface area contributed by atoms with Gasteiger partial charge in [0.2, 0.25) is 0 Å². The molecule has 0 radical (unpaired) electrons. The van der Waals surface area contributed by atoms with Gasteiger partial charge in [-0.1, -0.05) is 19.4 Å². The lowest BCUT2D eigenvalue weighted by atomic mass is 9.80. The van der Waals surface area contributed by atoms with Crippen molar-refractivity contribution in [3.63, 3.8) is 0 Å². The molecule has 0 heterocycles. The molecule has 98 valence electrons. The van der Waals surface area contributed by atoms with Crippen LogP contribution in [0.2, 0.25) is 0 Å². The number of aliphatic carboxylic acids is 1. The van der Waals surface area contributed by atoms with Gasteiger partial charge in [0.1, 0.15) is 11.4 Å². The van der Waals surface area contributed by atoms with Gasteiger partial charge in [0, 0.05) is 0 Å². The average molecular weight is 252 g/mol. The number of hydrogen-bond donors (Lipinski definition) is 2. The molecule has 1 aromatic carbocycles. The van der Waals surface area contributed by atoms with E-state index in [2.05, 4.69) is 0 Å². The smallest absolute Gasteiger partial charge is 0.309 e. The maximum Gasteiger partial charge on any atom is 0.309 e. The zero-order valence-electron chi connectivity index (χ0n) is 10.3. The number of rotatable bonds is 4. The summed E-state index contributed by atoms with van der Waals surface area (Å²) in [5.74, 6) is -2.16. The van der Waals surface area contributed by atoms with Crippen LogP contribution in [0.25, 0.3) is 0 Å². The first-order valence-electron chi connectivity index (χ1n) is 6.23. The fourth-order valence-corrected chi connectivity index (χ4v) is 2.87. The summed E-state index contributed by atoms with van der Waals surface area (Å²) < 4.78 is 13.1. The lowest BCUT2D eigenvalue weighted by Crippen LogP contribution is -2.38. The van der Waals surface area contributed by atoms with Crippen molar-refractivity contribution in [2.75, 3.05) is 0 Å². The quantitative estimate of drug-likeness (QED) is 0.865. The van der Waals surface area contributed by atoms with Gasteiger partial charge in [0.15, 0.2) is 0 Å². The van der Waals surface area contributed by atoms with E-state index < -0.39 is 17.5 Å². The summed E-state index contributed by atoms with van der Waals surface area (Å²) in [5.41, 5.74) is -0.0603. The molecular weight excluding hydrogens is 235 g/mol. The average Bonchev–Trinajstić information content (AvgIpc) is 2.64. The number of aliphatic hydroxyl groups is 1. The number of halogens is 1. The van der Waals surface area contributed by atoms with Gasteiger partial charge in [-0.3, -0.25) is 4.79 Å². The summed E-state index contributed by atoms with van der Waals surface area (Å²) in [6, 6.07) is 4.18. The van der Waals surface area contributed by atoms with Crippen LogP contribution < -0.4 is 0 Å². The van der Waals surface area contributed by atoms with E-state index in [9.17, 15) is 19.4 Å². The van der Waals surface area contributed by atoms with Crippen molar-refractivity contribution >= 4 is 5.97 Å². The second-order valence-corrected chi connectivity index (χ2v) is 4.91. The van der Waals surface area contributed by atoms with Gasteiger partial charge in [-0.25, -0.2) is 4.39 Å². The summed E-state index contributed by atoms with van der Waals surface area (Å²) in [6.07, 6.45) is 1.98.